The minimum atomic E-state index is -0.477. The molecule has 12 heteroatoms. The first-order valence-electron chi connectivity index (χ1n) is 13.6. The van der Waals surface area contributed by atoms with E-state index in [1.54, 1.807) is 31.3 Å². The van der Waals surface area contributed by atoms with Crippen LogP contribution in [0.4, 0.5) is 11.4 Å². The van der Waals surface area contributed by atoms with Crippen LogP contribution in [0.15, 0.2) is 60.8 Å². The number of anilines is 2. The lowest BCUT2D eigenvalue weighted by Gasteiger charge is -2.21. The third kappa shape index (κ3) is 7.45. The molecule has 0 fully saturated rings. The fraction of sp³-hybridized carbons (Fsp3) is 0.219. The van der Waals surface area contributed by atoms with Gasteiger partial charge in [0.15, 0.2) is 0 Å². The van der Waals surface area contributed by atoms with E-state index in [1.165, 1.54) is 30.3 Å². The van der Waals surface area contributed by atoms with Gasteiger partial charge in [-0.2, -0.15) is 0 Å². The van der Waals surface area contributed by atoms with E-state index in [2.05, 4.69) is 15.6 Å². The molecule has 10 nitrogen and oxygen atoms in total. The van der Waals surface area contributed by atoms with Gasteiger partial charge in [0.1, 0.15) is 23.6 Å². The lowest BCUT2D eigenvalue weighted by atomic mass is 10.1. The van der Waals surface area contributed by atoms with E-state index in [4.69, 9.17) is 32.9 Å². The molecule has 3 amide bonds. The second kappa shape index (κ2) is 14.2. The Hall–Kier alpha value is -4.67. The topological polar surface area (TPSA) is 117 Å². The van der Waals surface area contributed by atoms with Gasteiger partial charge in [-0.05, 0) is 48.9 Å². The molecular formula is C32H32Cl2N6O4. The maximum Gasteiger partial charge on any atom is 0.269 e. The molecule has 0 aliphatic heterocycles. The summed E-state index contributed by atoms with van der Waals surface area (Å²) < 4.78 is 6.18. The first kappa shape index (κ1) is 32.2. The van der Waals surface area contributed by atoms with Crippen molar-refractivity contribution < 1.29 is 19.1 Å². The molecule has 0 saturated carbocycles. The number of halogens is 2. The molecular weight excluding hydrogens is 603 g/mol. The molecule has 4 rings (SSSR count). The van der Waals surface area contributed by atoms with Crippen LogP contribution in [0, 0.1) is 6.92 Å². The Labute approximate surface area is 265 Å². The second-order valence-corrected chi connectivity index (χ2v) is 10.8. The van der Waals surface area contributed by atoms with Gasteiger partial charge < -0.3 is 25.2 Å². The Bertz CT molecular complexity index is 1740. The monoisotopic (exact) mass is 634 g/mol. The number of para-hydroxylation sites is 1. The normalized spacial score (nSPS) is 11.0. The molecule has 0 bridgehead atoms. The highest BCUT2D eigenvalue weighted by atomic mass is 35.5. The predicted octanol–water partition coefficient (Wildman–Crippen LogP) is 5.04. The zero-order chi connectivity index (χ0) is 32.0. The van der Waals surface area contributed by atoms with Gasteiger partial charge in [-0.15, -0.1) is 0 Å². The smallest absolute Gasteiger partial charge is 0.269 e. The number of carbonyl (C=O) groups is 3. The van der Waals surface area contributed by atoms with E-state index in [1.807, 2.05) is 50.2 Å². The summed E-state index contributed by atoms with van der Waals surface area (Å²) in [5, 5.41) is 6.64. The molecule has 2 aromatic carbocycles. The van der Waals surface area contributed by atoms with E-state index in [0.29, 0.717) is 33.1 Å². The van der Waals surface area contributed by atoms with Crippen molar-refractivity contribution in [2.24, 2.45) is 0 Å². The minimum absolute atomic E-state index is 0.0417. The van der Waals surface area contributed by atoms with Crippen molar-refractivity contribution in [2.75, 3.05) is 44.5 Å². The summed E-state index contributed by atoms with van der Waals surface area (Å²) >= 11 is 13.2. The maximum absolute atomic E-state index is 12.9. The van der Waals surface area contributed by atoms with Crippen LogP contribution in [-0.4, -0.2) is 62.4 Å². The zero-order valence-electron chi connectivity index (χ0n) is 24.9. The van der Waals surface area contributed by atoms with Crippen molar-refractivity contribution in [2.45, 2.75) is 13.5 Å². The lowest BCUT2D eigenvalue weighted by molar-refractivity contribution is -0.122. The van der Waals surface area contributed by atoms with Gasteiger partial charge in [-0.25, -0.2) is 4.98 Å². The summed E-state index contributed by atoms with van der Waals surface area (Å²) in [5.74, 6) is -0.610. The number of benzene rings is 2. The van der Waals surface area contributed by atoms with Gasteiger partial charge in [-0.1, -0.05) is 41.4 Å². The van der Waals surface area contributed by atoms with Gasteiger partial charge in [0.2, 0.25) is 11.8 Å². The van der Waals surface area contributed by atoms with Crippen LogP contribution in [0.25, 0.3) is 17.0 Å². The molecule has 4 aromatic rings. The molecule has 0 aliphatic carbocycles. The Balaban J connectivity index is 1.42. The standard InChI is InChI=1S/C32H32Cl2N6O4/c1-19-15-26(39(3)4)21-7-6-8-27(31(21)38-19)44-18-22-23(33)11-13-25(30(22)34)40(5)29(42)17-37-28(41)14-10-20-9-12-24(36-16-20)32(43)35-2/h6-16H,17-18H2,1-5H3,(H,35,43)(H,37,41)/b14-10+. The van der Waals surface area contributed by atoms with Crippen molar-refractivity contribution >= 4 is 69.3 Å². The number of amides is 3. The molecule has 0 aliphatic rings. The summed E-state index contributed by atoms with van der Waals surface area (Å²) in [6.07, 6.45) is 4.27. The average molecular weight is 636 g/mol. The molecule has 44 heavy (non-hydrogen) atoms. The third-order valence-corrected chi connectivity index (χ3v) is 7.53. The van der Waals surface area contributed by atoms with Crippen LogP contribution >= 0.6 is 23.2 Å². The summed E-state index contributed by atoms with van der Waals surface area (Å²) in [6.45, 7) is 1.70. The number of pyridine rings is 2. The van der Waals surface area contributed by atoms with Gasteiger partial charge in [0, 0.05) is 67.8 Å². The third-order valence-electron chi connectivity index (χ3n) is 6.75. The Morgan fingerprint density at radius 3 is 2.48 bits per heavy atom. The number of likely N-dealkylation sites (N-methyl/N-ethyl adjacent to an activating group) is 1. The summed E-state index contributed by atoms with van der Waals surface area (Å²) in [4.78, 5) is 49.0. The number of fused-ring (bicyclic) bond motifs is 1. The van der Waals surface area contributed by atoms with Crippen molar-refractivity contribution in [1.29, 1.82) is 0 Å². The van der Waals surface area contributed by atoms with Crippen LogP contribution in [-0.2, 0) is 16.2 Å². The molecule has 228 valence electrons. The van der Waals surface area contributed by atoms with Crippen LogP contribution in [0.5, 0.6) is 5.75 Å². The molecule has 0 unspecified atom stereocenters. The highest BCUT2D eigenvalue weighted by Gasteiger charge is 2.20. The van der Waals surface area contributed by atoms with E-state index in [-0.39, 0.29) is 29.8 Å². The first-order valence-corrected chi connectivity index (χ1v) is 14.3. The van der Waals surface area contributed by atoms with Crippen molar-refractivity contribution in [1.82, 2.24) is 20.6 Å². The maximum atomic E-state index is 12.9. The minimum Gasteiger partial charge on any atom is -0.487 e. The Morgan fingerprint density at radius 2 is 1.80 bits per heavy atom. The number of ether oxygens (including phenoxy) is 1. The van der Waals surface area contributed by atoms with Gasteiger partial charge in [0.25, 0.3) is 5.91 Å². The Morgan fingerprint density at radius 1 is 1.02 bits per heavy atom. The number of aryl methyl sites for hydroxylation is 1. The predicted molar refractivity (Wildman–Crippen MR) is 175 cm³/mol. The summed E-state index contributed by atoms with van der Waals surface area (Å²) in [7, 11) is 7.02. The molecule has 2 N–H and O–H groups in total. The van der Waals surface area contributed by atoms with Crippen LogP contribution in [0.3, 0.4) is 0 Å². The fourth-order valence-electron chi connectivity index (χ4n) is 4.35. The molecule has 0 spiro atoms. The van der Waals surface area contributed by atoms with Gasteiger partial charge in [-0.3, -0.25) is 19.4 Å². The number of nitrogens with zero attached hydrogens (tertiary/aromatic N) is 4. The molecule has 2 aromatic heterocycles. The van der Waals surface area contributed by atoms with Crippen LogP contribution in [0.1, 0.15) is 27.3 Å². The van der Waals surface area contributed by atoms with Gasteiger partial charge in [0.05, 0.1) is 17.3 Å². The van der Waals surface area contributed by atoms with Crippen LogP contribution in [0.2, 0.25) is 10.0 Å². The number of aromatic nitrogens is 2. The van der Waals surface area contributed by atoms with Crippen molar-refractivity contribution in [3.63, 3.8) is 0 Å². The van der Waals surface area contributed by atoms with Crippen molar-refractivity contribution in [3.8, 4) is 5.75 Å². The summed E-state index contributed by atoms with van der Waals surface area (Å²) in [5.41, 5.74) is 4.39. The molecule has 0 saturated heterocycles. The highest BCUT2D eigenvalue weighted by molar-refractivity contribution is 6.38. The highest BCUT2D eigenvalue weighted by Crippen LogP contribution is 2.36. The van der Waals surface area contributed by atoms with E-state index in [0.717, 1.165) is 16.8 Å². The fourth-order valence-corrected chi connectivity index (χ4v) is 4.96. The SMILES string of the molecule is CNC(=O)c1ccc(/C=C/C(=O)NCC(=O)N(C)c2ccc(Cl)c(COc3cccc4c(N(C)C)cc(C)nc34)c2Cl)cn1. The van der Waals surface area contributed by atoms with Crippen molar-refractivity contribution in [3.05, 3.63) is 93.4 Å². The van der Waals surface area contributed by atoms with Crippen LogP contribution < -0.4 is 25.2 Å². The summed E-state index contributed by atoms with van der Waals surface area (Å²) in [6, 6.07) is 14.2. The zero-order valence-corrected chi connectivity index (χ0v) is 26.5. The lowest BCUT2D eigenvalue weighted by Crippen LogP contribution is -2.37. The number of nitrogens with one attached hydrogen (secondary N) is 2. The quantitative estimate of drug-likeness (QED) is 0.235. The van der Waals surface area contributed by atoms with Gasteiger partial charge >= 0.3 is 0 Å². The molecule has 0 radical (unpaired) electrons. The molecule has 0 atom stereocenters. The first-order chi connectivity index (χ1) is 21.0. The largest absolute Gasteiger partial charge is 0.487 e. The van der Waals surface area contributed by atoms with E-state index >= 15 is 0 Å². The second-order valence-electron chi connectivity index (χ2n) is 10.0. The molecule has 2 heterocycles. The Kier molecular flexibility index (Phi) is 10.4. The number of rotatable bonds is 10. The van der Waals surface area contributed by atoms with E-state index < -0.39 is 11.8 Å². The number of carbonyl (C=O) groups excluding carboxylic acids is 3. The number of hydrogen-bond donors (Lipinski definition) is 2. The average Bonchev–Trinajstić information content (AvgIpc) is 3.01. The van der Waals surface area contributed by atoms with E-state index in [9.17, 15) is 14.4 Å². The number of hydrogen-bond acceptors (Lipinski definition) is 7.